The number of hydrogen-bond acceptors (Lipinski definition) is 6. The molecule has 2 heterocycles. The number of amides is 1. The van der Waals surface area contributed by atoms with Crippen LogP contribution in [0.2, 0.25) is 0 Å². The molecule has 1 aliphatic rings. The SMILES string of the molecule is CN(Cc1nc2ccccc2s1)C(=O)c1ccc(N2CCCCC2)c([N+](=O)[O-])c1. The van der Waals surface area contributed by atoms with Crippen molar-refractivity contribution in [1.82, 2.24) is 9.88 Å². The molecule has 29 heavy (non-hydrogen) atoms. The van der Waals surface area contributed by atoms with E-state index in [4.69, 9.17) is 0 Å². The largest absolute Gasteiger partial charge is 0.366 e. The Hall–Kier alpha value is -3.00. The summed E-state index contributed by atoms with van der Waals surface area (Å²) in [6, 6.07) is 12.6. The number of hydrogen-bond donors (Lipinski definition) is 0. The summed E-state index contributed by atoms with van der Waals surface area (Å²) in [7, 11) is 1.69. The molecule has 0 bridgehead atoms. The average molecular weight is 410 g/mol. The van der Waals surface area contributed by atoms with Crippen LogP contribution in [0.15, 0.2) is 42.5 Å². The van der Waals surface area contributed by atoms with Crippen LogP contribution in [-0.2, 0) is 6.54 Å². The van der Waals surface area contributed by atoms with E-state index in [1.807, 2.05) is 29.2 Å². The second-order valence-electron chi connectivity index (χ2n) is 7.24. The van der Waals surface area contributed by atoms with Gasteiger partial charge in [-0.25, -0.2) is 4.98 Å². The van der Waals surface area contributed by atoms with Crippen LogP contribution in [-0.4, -0.2) is 40.9 Å². The van der Waals surface area contributed by atoms with Gasteiger partial charge in [-0.3, -0.25) is 14.9 Å². The van der Waals surface area contributed by atoms with Gasteiger partial charge < -0.3 is 9.80 Å². The highest BCUT2D eigenvalue weighted by Gasteiger charge is 2.24. The third kappa shape index (κ3) is 4.07. The molecule has 7 nitrogen and oxygen atoms in total. The number of nitro benzene ring substituents is 1. The van der Waals surface area contributed by atoms with Crippen molar-refractivity contribution in [3.63, 3.8) is 0 Å². The average Bonchev–Trinajstić information content (AvgIpc) is 3.15. The van der Waals surface area contributed by atoms with Crippen LogP contribution < -0.4 is 4.90 Å². The molecule has 150 valence electrons. The van der Waals surface area contributed by atoms with Crippen LogP contribution in [0.4, 0.5) is 11.4 Å². The first-order chi connectivity index (χ1) is 14.0. The molecule has 1 amide bonds. The number of nitrogens with zero attached hydrogens (tertiary/aromatic N) is 4. The molecule has 0 N–H and O–H groups in total. The topological polar surface area (TPSA) is 79.6 Å². The molecule has 4 rings (SSSR count). The molecule has 0 atom stereocenters. The van der Waals surface area contributed by atoms with Crippen LogP contribution in [0.3, 0.4) is 0 Å². The minimum Gasteiger partial charge on any atom is -0.366 e. The molecule has 2 aromatic carbocycles. The number of piperidine rings is 1. The number of rotatable bonds is 5. The van der Waals surface area contributed by atoms with Crippen molar-refractivity contribution < 1.29 is 9.72 Å². The quantitative estimate of drug-likeness (QED) is 0.458. The van der Waals surface area contributed by atoms with Gasteiger partial charge in [-0.05, 0) is 43.5 Å². The molecule has 1 aliphatic heterocycles. The van der Waals surface area contributed by atoms with Crippen molar-refractivity contribution in [2.75, 3.05) is 25.0 Å². The van der Waals surface area contributed by atoms with Gasteiger partial charge in [-0.2, -0.15) is 0 Å². The maximum Gasteiger partial charge on any atom is 0.293 e. The van der Waals surface area contributed by atoms with Gasteiger partial charge >= 0.3 is 0 Å². The summed E-state index contributed by atoms with van der Waals surface area (Å²) in [5, 5.41) is 12.5. The minimum atomic E-state index is -0.395. The standard InChI is InChI=1S/C21H22N4O3S/c1-23(14-20-22-16-7-3-4-8-19(16)29-20)21(26)15-9-10-17(18(13-15)25(27)28)24-11-5-2-6-12-24/h3-4,7-10,13H,2,5-6,11-12,14H2,1H3. The molecular formula is C21H22N4O3S. The third-order valence-corrected chi connectivity index (χ3v) is 6.19. The van der Waals surface area contributed by atoms with Crippen molar-refractivity contribution in [2.24, 2.45) is 0 Å². The van der Waals surface area contributed by atoms with Crippen LogP contribution >= 0.6 is 11.3 Å². The Morgan fingerprint density at radius 2 is 1.97 bits per heavy atom. The van der Waals surface area contributed by atoms with Gasteiger partial charge in [0.1, 0.15) is 10.7 Å². The highest BCUT2D eigenvalue weighted by molar-refractivity contribution is 7.18. The number of carbonyl (C=O) groups excluding carboxylic acids is 1. The number of thiazole rings is 1. The summed E-state index contributed by atoms with van der Waals surface area (Å²) in [5.41, 5.74) is 1.82. The molecule has 0 unspecified atom stereocenters. The number of carbonyl (C=O) groups is 1. The Bertz CT molecular complexity index is 1030. The summed E-state index contributed by atoms with van der Waals surface area (Å²) in [6.07, 6.45) is 3.21. The predicted molar refractivity (Wildman–Crippen MR) is 115 cm³/mol. The Balaban J connectivity index is 1.55. The first-order valence-electron chi connectivity index (χ1n) is 9.66. The summed E-state index contributed by atoms with van der Waals surface area (Å²) >= 11 is 1.55. The molecule has 0 radical (unpaired) electrons. The molecule has 1 aromatic heterocycles. The van der Waals surface area contributed by atoms with Gasteiger partial charge in [-0.1, -0.05) is 12.1 Å². The maximum atomic E-state index is 12.9. The summed E-state index contributed by atoms with van der Waals surface area (Å²) in [6.45, 7) is 1.98. The number of aromatic nitrogens is 1. The number of nitro groups is 1. The Morgan fingerprint density at radius 3 is 2.69 bits per heavy atom. The smallest absolute Gasteiger partial charge is 0.293 e. The van der Waals surface area contributed by atoms with Crippen molar-refractivity contribution >= 4 is 38.8 Å². The van der Waals surface area contributed by atoms with Crippen LogP contribution in [0.1, 0.15) is 34.6 Å². The Labute approximate surface area is 172 Å². The number of anilines is 1. The first-order valence-corrected chi connectivity index (χ1v) is 10.5. The van der Waals surface area contributed by atoms with Crippen molar-refractivity contribution in [2.45, 2.75) is 25.8 Å². The number of fused-ring (bicyclic) bond motifs is 1. The van der Waals surface area contributed by atoms with Gasteiger partial charge in [0.2, 0.25) is 0 Å². The van der Waals surface area contributed by atoms with Gasteiger partial charge in [0.25, 0.3) is 11.6 Å². The highest BCUT2D eigenvalue weighted by Crippen LogP contribution is 2.32. The highest BCUT2D eigenvalue weighted by atomic mass is 32.1. The molecule has 0 aliphatic carbocycles. The Morgan fingerprint density at radius 1 is 1.21 bits per heavy atom. The molecular weight excluding hydrogens is 388 g/mol. The Kier molecular flexibility index (Phi) is 5.44. The van der Waals surface area contributed by atoms with E-state index >= 15 is 0 Å². The predicted octanol–water partition coefficient (Wildman–Crippen LogP) is 4.47. The van der Waals surface area contributed by atoms with E-state index in [9.17, 15) is 14.9 Å². The van der Waals surface area contributed by atoms with E-state index in [-0.39, 0.29) is 11.6 Å². The van der Waals surface area contributed by atoms with E-state index in [0.717, 1.165) is 47.6 Å². The lowest BCUT2D eigenvalue weighted by Crippen LogP contribution is -2.30. The lowest BCUT2D eigenvalue weighted by Gasteiger charge is -2.28. The fourth-order valence-electron chi connectivity index (χ4n) is 3.69. The molecule has 1 fully saturated rings. The van der Waals surface area contributed by atoms with Crippen LogP contribution in [0.25, 0.3) is 10.2 Å². The third-order valence-electron chi connectivity index (χ3n) is 5.17. The van der Waals surface area contributed by atoms with Crippen molar-refractivity contribution in [3.05, 3.63) is 63.1 Å². The zero-order valence-electron chi connectivity index (χ0n) is 16.2. The zero-order valence-corrected chi connectivity index (χ0v) is 17.0. The molecule has 8 heteroatoms. The zero-order chi connectivity index (χ0) is 20.4. The lowest BCUT2D eigenvalue weighted by molar-refractivity contribution is -0.384. The van der Waals surface area contributed by atoms with Crippen molar-refractivity contribution in [3.8, 4) is 0 Å². The summed E-state index contributed by atoms with van der Waals surface area (Å²) in [4.78, 5) is 32.3. The number of benzene rings is 2. The summed E-state index contributed by atoms with van der Waals surface area (Å²) < 4.78 is 1.07. The summed E-state index contributed by atoms with van der Waals surface area (Å²) in [5.74, 6) is -0.252. The van der Waals surface area contributed by atoms with Crippen LogP contribution in [0, 0.1) is 10.1 Å². The van der Waals surface area contributed by atoms with Gasteiger partial charge in [0.05, 0.1) is 21.7 Å². The first kappa shape index (κ1) is 19.3. The van der Waals surface area contributed by atoms with E-state index in [2.05, 4.69) is 4.98 Å². The molecule has 0 spiro atoms. The monoisotopic (exact) mass is 410 g/mol. The fraction of sp³-hybridized carbons (Fsp3) is 0.333. The minimum absolute atomic E-state index is 0.00821. The molecule has 3 aromatic rings. The van der Waals surface area contributed by atoms with Gasteiger partial charge in [0, 0.05) is 31.8 Å². The normalized spacial score (nSPS) is 14.2. The van der Waals surface area contributed by atoms with Gasteiger partial charge in [0.15, 0.2) is 0 Å². The van der Waals surface area contributed by atoms with E-state index in [1.54, 1.807) is 35.4 Å². The fourth-order valence-corrected chi connectivity index (χ4v) is 4.71. The maximum absolute atomic E-state index is 12.9. The van der Waals surface area contributed by atoms with E-state index < -0.39 is 4.92 Å². The number of para-hydroxylation sites is 1. The van der Waals surface area contributed by atoms with Gasteiger partial charge in [-0.15, -0.1) is 11.3 Å². The second kappa shape index (κ2) is 8.16. The molecule has 1 saturated heterocycles. The lowest BCUT2D eigenvalue weighted by atomic mass is 10.1. The molecule has 0 saturated carbocycles. The van der Waals surface area contributed by atoms with E-state index in [1.165, 1.54) is 6.07 Å². The van der Waals surface area contributed by atoms with Crippen LogP contribution in [0.5, 0.6) is 0 Å². The van der Waals surface area contributed by atoms with E-state index in [0.29, 0.717) is 17.8 Å². The second-order valence-corrected chi connectivity index (χ2v) is 8.36. The van der Waals surface area contributed by atoms with Crippen molar-refractivity contribution in [1.29, 1.82) is 0 Å².